The van der Waals surface area contributed by atoms with Gasteiger partial charge in [0.2, 0.25) is 11.7 Å². The zero-order valence-corrected chi connectivity index (χ0v) is 13.7. The first-order chi connectivity index (χ1) is 12.3. The topological polar surface area (TPSA) is 51.4 Å². The first-order valence-corrected chi connectivity index (χ1v) is 8.28. The Balaban J connectivity index is 1.46. The van der Waals surface area contributed by atoms with Gasteiger partial charge in [0.05, 0.1) is 19.6 Å². The summed E-state index contributed by atoms with van der Waals surface area (Å²) in [4.78, 5) is 6.73. The largest absolute Gasteiger partial charge is 0.378 e. The lowest BCUT2D eigenvalue weighted by Gasteiger charge is -2.28. The summed E-state index contributed by atoms with van der Waals surface area (Å²) in [5.41, 5.74) is 3.01. The van der Waals surface area contributed by atoms with Gasteiger partial charge >= 0.3 is 0 Å². The third-order valence-corrected chi connectivity index (χ3v) is 4.24. The quantitative estimate of drug-likeness (QED) is 0.730. The van der Waals surface area contributed by atoms with Crippen molar-refractivity contribution in [3.63, 3.8) is 0 Å². The van der Waals surface area contributed by atoms with Crippen molar-refractivity contribution >= 4 is 5.69 Å². The summed E-state index contributed by atoms with van der Waals surface area (Å²) in [7, 11) is 0. The van der Waals surface area contributed by atoms with Gasteiger partial charge in [-0.15, -0.1) is 0 Å². The molecule has 3 aromatic rings. The lowest BCUT2D eigenvalue weighted by molar-refractivity contribution is 0.122. The van der Waals surface area contributed by atoms with Gasteiger partial charge in [-0.1, -0.05) is 17.3 Å². The lowest BCUT2D eigenvalue weighted by atomic mass is 10.1. The van der Waals surface area contributed by atoms with Crippen LogP contribution in [0.15, 0.2) is 53.1 Å². The number of benzene rings is 2. The molecule has 0 unspecified atom stereocenters. The number of morpholine rings is 1. The van der Waals surface area contributed by atoms with Gasteiger partial charge in [-0.3, -0.25) is 0 Å². The van der Waals surface area contributed by atoms with Crippen LogP contribution in [-0.2, 0) is 11.2 Å². The summed E-state index contributed by atoms with van der Waals surface area (Å²) in [5, 5.41) is 4.05. The molecule has 0 amide bonds. The fourth-order valence-corrected chi connectivity index (χ4v) is 2.86. The molecule has 1 aliphatic heterocycles. The van der Waals surface area contributed by atoms with Crippen LogP contribution in [0.4, 0.5) is 10.1 Å². The van der Waals surface area contributed by atoms with Gasteiger partial charge in [0.15, 0.2) is 0 Å². The molecule has 0 bridgehead atoms. The van der Waals surface area contributed by atoms with Crippen LogP contribution < -0.4 is 4.90 Å². The van der Waals surface area contributed by atoms with Crippen molar-refractivity contribution < 1.29 is 13.7 Å². The fourth-order valence-electron chi connectivity index (χ4n) is 2.86. The van der Waals surface area contributed by atoms with Crippen LogP contribution in [0.1, 0.15) is 11.5 Å². The van der Waals surface area contributed by atoms with Crippen molar-refractivity contribution in [1.29, 1.82) is 0 Å². The monoisotopic (exact) mass is 339 g/mol. The Kier molecular flexibility index (Phi) is 4.43. The van der Waals surface area contributed by atoms with Crippen molar-refractivity contribution in [1.82, 2.24) is 10.1 Å². The van der Waals surface area contributed by atoms with Crippen LogP contribution in [0, 0.1) is 5.82 Å². The molecule has 0 N–H and O–H groups in total. The Morgan fingerprint density at radius 1 is 0.960 bits per heavy atom. The molecule has 2 aromatic carbocycles. The second-order valence-corrected chi connectivity index (χ2v) is 5.96. The number of nitrogens with zero attached hydrogens (tertiary/aromatic N) is 3. The van der Waals surface area contributed by atoms with Crippen molar-refractivity contribution in [2.45, 2.75) is 6.42 Å². The summed E-state index contributed by atoms with van der Waals surface area (Å²) >= 11 is 0. The van der Waals surface area contributed by atoms with E-state index in [4.69, 9.17) is 9.26 Å². The van der Waals surface area contributed by atoms with E-state index >= 15 is 0 Å². The fraction of sp³-hybridized carbons (Fsp3) is 0.263. The highest BCUT2D eigenvalue weighted by atomic mass is 19.1. The first-order valence-electron chi connectivity index (χ1n) is 8.28. The summed E-state index contributed by atoms with van der Waals surface area (Å²) in [6.07, 6.45) is 0.485. The zero-order valence-electron chi connectivity index (χ0n) is 13.7. The zero-order chi connectivity index (χ0) is 17.1. The highest BCUT2D eigenvalue weighted by molar-refractivity contribution is 5.60. The van der Waals surface area contributed by atoms with Crippen LogP contribution in [-0.4, -0.2) is 36.4 Å². The van der Waals surface area contributed by atoms with Crippen molar-refractivity contribution in [3.8, 4) is 11.4 Å². The molecule has 6 heteroatoms. The number of hydrogen-bond donors (Lipinski definition) is 0. The number of aromatic nitrogens is 2. The Morgan fingerprint density at radius 3 is 2.40 bits per heavy atom. The molecule has 1 saturated heterocycles. The van der Waals surface area contributed by atoms with Gasteiger partial charge in [0.1, 0.15) is 5.82 Å². The predicted molar refractivity (Wildman–Crippen MR) is 92.0 cm³/mol. The minimum absolute atomic E-state index is 0.254. The van der Waals surface area contributed by atoms with E-state index in [2.05, 4.69) is 27.2 Å². The number of anilines is 1. The third kappa shape index (κ3) is 3.69. The maximum atomic E-state index is 13.0. The predicted octanol–water partition coefficient (Wildman–Crippen LogP) is 3.30. The standard InChI is InChI=1S/C19H18FN3O2/c20-16-5-1-14(2-6-16)13-18-21-19(22-25-18)15-3-7-17(8-4-15)23-9-11-24-12-10-23/h1-8H,9-13H2. The van der Waals surface area contributed by atoms with Gasteiger partial charge in [0.25, 0.3) is 0 Å². The van der Waals surface area contributed by atoms with Crippen molar-refractivity contribution in [2.75, 3.05) is 31.2 Å². The van der Waals surface area contributed by atoms with Crippen LogP contribution in [0.5, 0.6) is 0 Å². The molecule has 0 radical (unpaired) electrons. The van der Waals surface area contributed by atoms with E-state index in [-0.39, 0.29) is 5.82 Å². The van der Waals surface area contributed by atoms with Gasteiger partial charge < -0.3 is 14.2 Å². The molecule has 1 aromatic heterocycles. The van der Waals surface area contributed by atoms with E-state index in [1.165, 1.54) is 17.8 Å². The summed E-state index contributed by atoms with van der Waals surface area (Å²) in [6, 6.07) is 14.4. The van der Waals surface area contributed by atoms with Crippen molar-refractivity contribution in [3.05, 3.63) is 65.8 Å². The summed E-state index contributed by atoms with van der Waals surface area (Å²) in [6.45, 7) is 3.34. The normalized spacial score (nSPS) is 14.7. The highest BCUT2D eigenvalue weighted by Gasteiger charge is 2.13. The molecule has 128 valence electrons. The smallest absolute Gasteiger partial charge is 0.231 e. The third-order valence-electron chi connectivity index (χ3n) is 4.24. The Bertz CT molecular complexity index is 825. The van der Waals surface area contributed by atoms with Gasteiger partial charge in [0, 0.05) is 24.3 Å². The van der Waals surface area contributed by atoms with Crippen LogP contribution in [0.25, 0.3) is 11.4 Å². The molecule has 0 spiro atoms. The van der Waals surface area contributed by atoms with Crippen LogP contribution >= 0.6 is 0 Å². The van der Waals surface area contributed by atoms with Crippen molar-refractivity contribution in [2.24, 2.45) is 0 Å². The Hall–Kier alpha value is -2.73. The van der Waals surface area contributed by atoms with Gasteiger partial charge in [-0.05, 0) is 42.0 Å². The second-order valence-electron chi connectivity index (χ2n) is 5.96. The average Bonchev–Trinajstić information content (AvgIpc) is 3.13. The molecule has 1 fully saturated rings. The maximum absolute atomic E-state index is 13.0. The van der Waals surface area contributed by atoms with Crippen LogP contribution in [0.2, 0.25) is 0 Å². The number of rotatable bonds is 4. The molecule has 0 aliphatic carbocycles. The van der Waals surface area contributed by atoms with E-state index in [1.807, 2.05) is 12.1 Å². The molecule has 5 nitrogen and oxygen atoms in total. The van der Waals surface area contributed by atoms with Gasteiger partial charge in [-0.2, -0.15) is 4.98 Å². The van der Waals surface area contributed by atoms with E-state index < -0.39 is 0 Å². The lowest BCUT2D eigenvalue weighted by Crippen LogP contribution is -2.36. The molecule has 0 saturated carbocycles. The Morgan fingerprint density at radius 2 is 1.68 bits per heavy atom. The highest BCUT2D eigenvalue weighted by Crippen LogP contribution is 2.22. The molecule has 2 heterocycles. The minimum atomic E-state index is -0.254. The van der Waals surface area contributed by atoms with E-state index in [1.54, 1.807) is 12.1 Å². The molecule has 4 rings (SSSR count). The van der Waals surface area contributed by atoms with E-state index in [0.29, 0.717) is 18.1 Å². The van der Waals surface area contributed by atoms with E-state index in [9.17, 15) is 4.39 Å². The molecule has 0 atom stereocenters. The first kappa shape index (κ1) is 15.8. The molecule has 25 heavy (non-hydrogen) atoms. The average molecular weight is 339 g/mol. The number of ether oxygens (including phenoxy) is 1. The summed E-state index contributed by atoms with van der Waals surface area (Å²) in [5.74, 6) is 0.819. The van der Waals surface area contributed by atoms with E-state index in [0.717, 1.165) is 37.4 Å². The van der Waals surface area contributed by atoms with Crippen LogP contribution in [0.3, 0.4) is 0 Å². The Labute approximate surface area is 145 Å². The molecular weight excluding hydrogens is 321 g/mol. The minimum Gasteiger partial charge on any atom is -0.378 e. The number of hydrogen-bond acceptors (Lipinski definition) is 5. The number of halogens is 1. The maximum Gasteiger partial charge on any atom is 0.231 e. The summed E-state index contributed by atoms with van der Waals surface area (Å²) < 4.78 is 23.7. The second kappa shape index (κ2) is 7.03. The van der Waals surface area contributed by atoms with Gasteiger partial charge in [-0.25, -0.2) is 4.39 Å². The molecule has 1 aliphatic rings. The SMILES string of the molecule is Fc1ccc(Cc2nc(-c3ccc(N4CCOCC4)cc3)no2)cc1. The molecular formula is C19H18FN3O2.